The van der Waals surface area contributed by atoms with Crippen LogP contribution in [0, 0.1) is 0 Å². The lowest BCUT2D eigenvalue weighted by atomic mass is 10.0. The van der Waals surface area contributed by atoms with Gasteiger partial charge in [0, 0.05) is 11.1 Å². The van der Waals surface area contributed by atoms with E-state index in [1.165, 1.54) is 0 Å². The standard InChI is InChI=1S/C16H12O/c1-2-7-13-8-6-11-15(12-13)16(17)14-9-4-3-5-10-14/h3-12H,1H2. The van der Waals surface area contributed by atoms with E-state index in [1.54, 1.807) is 6.08 Å². The third-order valence-corrected chi connectivity index (χ3v) is 2.45. The van der Waals surface area contributed by atoms with Crippen LogP contribution in [0.3, 0.4) is 0 Å². The molecule has 0 aliphatic heterocycles. The summed E-state index contributed by atoms with van der Waals surface area (Å²) in [5, 5.41) is 0. The first-order valence-corrected chi connectivity index (χ1v) is 5.37. The highest BCUT2D eigenvalue weighted by atomic mass is 16.1. The van der Waals surface area contributed by atoms with E-state index in [2.05, 4.69) is 12.3 Å². The topological polar surface area (TPSA) is 17.1 Å². The molecule has 0 aliphatic rings. The first-order chi connectivity index (χ1) is 8.31. The average Bonchev–Trinajstić information content (AvgIpc) is 2.40. The molecular formula is C16H12O. The van der Waals surface area contributed by atoms with Crippen LogP contribution in [0.1, 0.15) is 21.5 Å². The summed E-state index contributed by atoms with van der Waals surface area (Å²) in [7, 11) is 0. The summed E-state index contributed by atoms with van der Waals surface area (Å²) in [6.45, 7) is 3.52. The maximum atomic E-state index is 12.2. The van der Waals surface area contributed by atoms with Gasteiger partial charge in [-0.3, -0.25) is 4.79 Å². The fraction of sp³-hybridized carbons (Fsp3) is 0. The quantitative estimate of drug-likeness (QED) is 0.569. The van der Waals surface area contributed by atoms with E-state index in [4.69, 9.17) is 0 Å². The normalized spacial score (nSPS) is 9.41. The van der Waals surface area contributed by atoms with Crippen molar-refractivity contribution in [3.05, 3.63) is 83.6 Å². The smallest absolute Gasteiger partial charge is 0.193 e. The largest absolute Gasteiger partial charge is 0.289 e. The minimum Gasteiger partial charge on any atom is -0.289 e. The molecule has 0 heterocycles. The highest BCUT2D eigenvalue weighted by molar-refractivity contribution is 6.09. The summed E-state index contributed by atoms with van der Waals surface area (Å²) < 4.78 is 0. The van der Waals surface area contributed by atoms with Crippen molar-refractivity contribution >= 4 is 11.9 Å². The fourth-order valence-corrected chi connectivity index (χ4v) is 1.64. The molecule has 82 valence electrons. The molecule has 0 amide bonds. The van der Waals surface area contributed by atoms with Crippen molar-refractivity contribution in [1.29, 1.82) is 0 Å². The van der Waals surface area contributed by atoms with Crippen LogP contribution in [0.15, 0.2) is 66.9 Å². The predicted octanol–water partition coefficient (Wildman–Crippen LogP) is 3.72. The molecule has 0 saturated heterocycles. The second-order valence-electron chi connectivity index (χ2n) is 3.67. The van der Waals surface area contributed by atoms with Crippen molar-refractivity contribution in [2.45, 2.75) is 0 Å². The van der Waals surface area contributed by atoms with Crippen molar-refractivity contribution in [1.82, 2.24) is 0 Å². The molecule has 2 aromatic rings. The summed E-state index contributed by atoms with van der Waals surface area (Å²) in [5.41, 5.74) is 5.02. The lowest BCUT2D eigenvalue weighted by molar-refractivity contribution is 0.103. The van der Waals surface area contributed by atoms with Gasteiger partial charge in [-0.05, 0) is 17.7 Å². The number of rotatable bonds is 3. The van der Waals surface area contributed by atoms with E-state index in [-0.39, 0.29) is 5.78 Å². The van der Waals surface area contributed by atoms with Crippen LogP contribution in [0.2, 0.25) is 0 Å². The molecule has 0 spiro atoms. The van der Waals surface area contributed by atoms with Crippen molar-refractivity contribution in [2.75, 3.05) is 0 Å². The van der Waals surface area contributed by atoms with Crippen LogP contribution < -0.4 is 0 Å². The third kappa shape index (κ3) is 2.60. The average molecular weight is 220 g/mol. The predicted molar refractivity (Wildman–Crippen MR) is 69.9 cm³/mol. The number of hydrogen-bond acceptors (Lipinski definition) is 1. The Morgan fingerprint density at radius 1 is 1.00 bits per heavy atom. The van der Waals surface area contributed by atoms with Gasteiger partial charge in [-0.25, -0.2) is 0 Å². The number of hydrogen-bond donors (Lipinski definition) is 0. The van der Waals surface area contributed by atoms with E-state index < -0.39 is 0 Å². The van der Waals surface area contributed by atoms with Crippen LogP contribution >= 0.6 is 0 Å². The molecule has 2 aromatic carbocycles. The molecular weight excluding hydrogens is 208 g/mol. The second-order valence-corrected chi connectivity index (χ2v) is 3.67. The van der Waals surface area contributed by atoms with Crippen LogP contribution in [0.25, 0.3) is 6.08 Å². The van der Waals surface area contributed by atoms with E-state index >= 15 is 0 Å². The minimum atomic E-state index is 0.0323. The van der Waals surface area contributed by atoms with Crippen molar-refractivity contribution in [3.8, 4) is 0 Å². The monoisotopic (exact) mass is 220 g/mol. The molecule has 0 aliphatic carbocycles. The molecule has 0 saturated carbocycles. The second kappa shape index (κ2) is 5.11. The Bertz CT molecular complexity index is 575. The minimum absolute atomic E-state index is 0.0323. The molecule has 0 N–H and O–H groups in total. The highest BCUT2D eigenvalue weighted by Crippen LogP contribution is 2.12. The van der Waals surface area contributed by atoms with Crippen LogP contribution in [-0.4, -0.2) is 5.78 Å². The number of ketones is 1. The first kappa shape index (κ1) is 11.1. The van der Waals surface area contributed by atoms with E-state index in [1.807, 2.05) is 54.6 Å². The number of carbonyl (C=O) groups excluding carboxylic acids is 1. The van der Waals surface area contributed by atoms with Gasteiger partial charge in [0.25, 0.3) is 0 Å². The van der Waals surface area contributed by atoms with Crippen molar-refractivity contribution < 1.29 is 4.79 Å². The molecule has 17 heavy (non-hydrogen) atoms. The SMILES string of the molecule is C=C=Cc1cccc(C(=O)c2ccccc2)c1. The van der Waals surface area contributed by atoms with Crippen molar-refractivity contribution in [3.63, 3.8) is 0 Å². The molecule has 0 fully saturated rings. The van der Waals surface area contributed by atoms with E-state index in [0.717, 1.165) is 5.56 Å². The van der Waals surface area contributed by atoms with Gasteiger partial charge in [-0.15, -0.1) is 5.73 Å². The summed E-state index contributed by atoms with van der Waals surface area (Å²) in [6, 6.07) is 16.7. The molecule has 0 unspecified atom stereocenters. The Morgan fingerprint density at radius 3 is 2.41 bits per heavy atom. The van der Waals surface area contributed by atoms with E-state index in [9.17, 15) is 4.79 Å². The fourth-order valence-electron chi connectivity index (χ4n) is 1.64. The van der Waals surface area contributed by atoms with E-state index in [0.29, 0.717) is 11.1 Å². The van der Waals surface area contributed by atoms with Gasteiger partial charge in [0.1, 0.15) is 0 Å². The molecule has 0 aromatic heterocycles. The molecule has 0 atom stereocenters. The molecule has 1 nitrogen and oxygen atoms in total. The van der Waals surface area contributed by atoms with Gasteiger partial charge in [-0.2, -0.15) is 0 Å². The van der Waals surface area contributed by atoms with Gasteiger partial charge in [0.05, 0.1) is 0 Å². The van der Waals surface area contributed by atoms with Gasteiger partial charge in [0.15, 0.2) is 5.78 Å². The zero-order valence-electron chi connectivity index (χ0n) is 9.39. The van der Waals surface area contributed by atoms with Gasteiger partial charge in [0.2, 0.25) is 0 Å². The maximum absolute atomic E-state index is 12.2. The van der Waals surface area contributed by atoms with Gasteiger partial charge in [-0.1, -0.05) is 55.1 Å². The Hall–Kier alpha value is -2.37. The Labute approximate surface area is 101 Å². The molecule has 0 radical (unpaired) electrons. The zero-order valence-corrected chi connectivity index (χ0v) is 9.39. The lowest BCUT2D eigenvalue weighted by Crippen LogP contribution is -2.00. The van der Waals surface area contributed by atoms with Crippen molar-refractivity contribution in [2.24, 2.45) is 0 Å². The zero-order chi connectivity index (χ0) is 12.1. The molecule has 1 heteroatoms. The Balaban J connectivity index is 2.38. The van der Waals surface area contributed by atoms with Gasteiger partial charge < -0.3 is 0 Å². The molecule has 2 rings (SSSR count). The summed E-state index contributed by atoms with van der Waals surface area (Å²) in [4.78, 5) is 12.2. The lowest BCUT2D eigenvalue weighted by Gasteiger charge is -2.01. The highest BCUT2D eigenvalue weighted by Gasteiger charge is 2.07. The van der Waals surface area contributed by atoms with Gasteiger partial charge >= 0.3 is 0 Å². The molecule has 0 bridgehead atoms. The Morgan fingerprint density at radius 2 is 1.71 bits per heavy atom. The summed E-state index contributed by atoms with van der Waals surface area (Å²) >= 11 is 0. The van der Waals surface area contributed by atoms with Crippen LogP contribution in [-0.2, 0) is 0 Å². The third-order valence-electron chi connectivity index (χ3n) is 2.45. The maximum Gasteiger partial charge on any atom is 0.193 e. The first-order valence-electron chi connectivity index (χ1n) is 5.37. The summed E-state index contributed by atoms with van der Waals surface area (Å²) in [5.74, 6) is 0.0323. The summed E-state index contributed by atoms with van der Waals surface area (Å²) in [6.07, 6.45) is 1.75. The number of carbonyl (C=O) groups is 1. The number of benzene rings is 2. The Kier molecular flexibility index (Phi) is 3.34. The van der Waals surface area contributed by atoms with Crippen LogP contribution in [0.5, 0.6) is 0 Å². The van der Waals surface area contributed by atoms with Crippen LogP contribution in [0.4, 0.5) is 0 Å².